The van der Waals surface area contributed by atoms with E-state index in [1.54, 1.807) is 6.07 Å². The first-order valence-electron chi connectivity index (χ1n) is 5.66. The molecule has 1 heterocycles. The van der Waals surface area contributed by atoms with Crippen LogP contribution in [0.3, 0.4) is 0 Å². The van der Waals surface area contributed by atoms with E-state index in [0.29, 0.717) is 5.02 Å². The van der Waals surface area contributed by atoms with Crippen LogP contribution < -0.4 is 10.6 Å². The van der Waals surface area contributed by atoms with Gasteiger partial charge >= 0.3 is 0 Å². The standard InChI is InChI=1S/C14H11ClN2O/c15-10-6-2-1-5-9(10)13-14(18)17-12-8-4-3-7-11(12)16-13/h1-8,13,16H,(H,17,18). The molecule has 0 fully saturated rings. The molecule has 1 amide bonds. The zero-order chi connectivity index (χ0) is 12.5. The van der Waals surface area contributed by atoms with E-state index in [0.717, 1.165) is 16.9 Å². The summed E-state index contributed by atoms with van der Waals surface area (Å²) in [6.45, 7) is 0. The van der Waals surface area contributed by atoms with Crippen molar-refractivity contribution in [2.75, 3.05) is 10.6 Å². The number of benzene rings is 2. The van der Waals surface area contributed by atoms with Crippen LogP contribution in [0.2, 0.25) is 5.02 Å². The number of carbonyl (C=O) groups is 1. The molecule has 1 unspecified atom stereocenters. The number of para-hydroxylation sites is 2. The minimum Gasteiger partial charge on any atom is -0.368 e. The first-order chi connectivity index (χ1) is 8.75. The third-order valence-corrected chi connectivity index (χ3v) is 3.31. The third kappa shape index (κ3) is 1.83. The van der Waals surface area contributed by atoms with Crippen molar-refractivity contribution in [3.8, 4) is 0 Å². The Morgan fingerprint density at radius 2 is 1.61 bits per heavy atom. The largest absolute Gasteiger partial charge is 0.368 e. The van der Waals surface area contributed by atoms with Gasteiger partial charge < -0.3 is 10.6 Å². The maximum atomic E-state index is 12.1. The van der Waals surface area contributed by atoms with Gasteiger partial charge in [0, 0.05) is 10.6 Å². The summed E-state index contributed by atoms with van der Waals surface area (Å²) in [5.41, 5.74) is 2.49. The number of carbonyl (C=O) groups excluding carboxylic acids is 1. The lowest BCUT2D eigenvalue weighted by atomic mass is 10.0. The van der Waals surface area contributed by atoms with Gasteiger partial charge in [0.25, 0.3) is 5.91 Å². The molecule has 0 aromatic heterocycles. The quantitative estimate of drug-likeness (QED) is 0.823. The van der Waals surface area contributed by atoms with Crippen LogP contribution in [0.15, 0.2) is 48.5 Å². The Morgan fingerprint density at radius 1 is 0.944 bits per heavy atom. The summed E-state index contributed by atoms with van der Waals surface area (Å²) >= 11 is 6.13. The van der Waals surface area contributed by atoms with Crippen molar-refractivity contribution in [3.05, 3.63) is 59.1 Å². The summed E-state index contributed by atoms with van der Waals surface area (Å²) in [5.74, 6) is -0.0956. The molecule has 2 aromatic rings. The van der Waals surface area contributed by atoms with E-state index in [1.807, 2.05) is 42.5 Å². The first kappa shape index (κ1) is 11.1. The molecule has 18 heavy (non-hydrogen) atoms. The Hall–Kier alpha value is -2.00. The lowest BCUT2D eigenvalue weighted by molar-refractivity contribution is -0.117. The van der Waals surface area contributed by atoms with E-state index in [4.69, 9.17) is 11.6 Å². The molecule has 90 valence electrons. The Kier molecular flexibility index (Phi) is 2.68. The minimum atomic E-state index is -0.450. The second-order valence-corrected chi connectivity index (χ2v) is 4.54. The lowest BCUT2D eigenvalue weighted by Crippen LogP contribution is -2.32. The van der Waals surface area contributed by atoms with E-state index < -0.39 is 6.04 Å². The van der Waals surface area contributed by atoms with Gasteiger partial charge in [0.15, 0.2) is 0 Å². The van der Waals surface area contributed by atoms with Crippen LogP contribution in [0, 0.1) is 0 Å². The van der Waals surface area contributed by atoms with Gasteiger partial charge in [-0.05, 0) is 18.2 Å². The molecule has 3 rings (SSSR count). The van der Waals surface area contributed by atoms with Gasteiger partial charge in [0.05, 0.1) is 11.4 Å². The summed E-state index contributed by atoms with van der Waals surface area (Å²) in [6.07, 6.45) is 0. The number of hydrogen-bond donors (Lipinski definition) is 2. The van der Waals surface area contributed by atoms with Crippen molar-refractivity contribution in [2.24, 2.45) is 0 Å². The zero-order valence-electron chi connectivity index (χ0n) is 9.48. The van der Waals surface area contributed by atoms with E-state index in [1.165, 1.54) is 0 Å². The molecule has 0 saturated heterocycles. The van der Waals surface area contributed by atoms with Gasteiger partial charge in [-0.25, -0.2) is 0 Å². The summed E-state index contributed by atoms with van der Waals surface area (Å²) in [4.78, 5) is 12.1. The average Bonchev–Trinajstić information content (AvgIpc) is 2.39. The van der Waals surface area contributed by atoms with Gasteiger partial charge in [-0.3, -0.25) is 4.79 Å². The van der Waals surface area contributed by atoms with Gasteiger partial charge in [0.1, 0.15) is 6.04 Å². The molecule has 0 saturated carbocycles. The number of anilines is 2. The number of nitrogens with one attached hydrogen (secondary N) is 2. The fourth-order valence-electron chi connectivity index (χ4n) is 2.07. The molecular weight excluding hydrogens is 248 g/mol. The van der Waals surface area contributed by atoms with Gasteiger partial charge in [0.2, 0.25) is 0 Å². The van der Waals surface area contributed by atoms with Crippen molar-refractivity contribution < 1.29 is 4.79 Å². The van der Waals surface area contributed by atoms with E-state index in [9.17, 15) is 4.79 Å². The fraction of sp³-hybridized carbons (Fsp3) is 0.0714. The van der Waals surface area contributed by atoms with Crippen molar-refractivity contribution in [1.82, 2.24) is 0 Å². The van der Waals surface area contributed by atoms with Gasteiger partial charge in [-0.15, -0.1) is 0 Å². The molecule has 2 N–H and O–H groups in total. The maximum Gasteiger partial charge on any atom is 0.251 e. The molecule has 1 aliphatic heterocycles. The molecule has 1 atom stereocenters. The first-order valence-corrected chi connectivity index (χ1v) is 6.04. The van der Waals surface area contributed by atoms with Crippen molar-refractivity contribution >= 4 is 28.9 Å². The number of halogens is 1. The van der Waals surface area contributed by atoms with Crippen LogP contribution in [0.1, 0.15) is 11.6 Å². The molecule has 1 aliphatic rings. The van der Waals surface area contributed by atoms with Crippen LogP contribution in [0.5, 0.6) is 0 Å². The van der Waals surface area contributed by atoms with Crippen LogP contribution in [0.4, 0.5) is 11.4 Å². The summed E-state index contributed by atoms with van der Waals surface area (Å²) in [7, 11) is 0. The Balaban J connectivity index is 2.01. The highest BCUT2D eigenvalue weighted by atomic mass is 35.5. The Bertz CT molecular complexity index is 612. The molecule has 0 spiro atoms. The number of fused-ring (bicyclic) bond motifs is 1. The molecule has 4 heteroatoms. The van der Waals surface area contributed by atoms with Crippen LogP contribution in [0.25, 0.3) is 0 Å². The molecule has 0 bridgehead atoms. The molecule has 0 aliphatic carbocycles. The Morgan fingerprint density at radius 3 is 2.39 bits per heavy atom. The van der Waals surface area contributed by atoms with Crippen LogP contribution >= 0.6 is 11.6 Å². The third-order valence-electron chi connectivity index (χ3n) is 2.96. The maximum absolute atomic E-state index is 12.1. The smallest absolute Gasteiger partial charge is 0.251 e. The Labute approximate surface area is 110 Å². The van der Waals surface area contributed by atoms with Gasteiger partial charge in [-0.1, -0.05) is 41.9 Å². The molecule has 0 radical (unpaired) electrons. The average molecular weight is 259 g/mol. The van der Waals surface area contributed by atoms with Gasteiger partial charge in [-0.2, -0.15) is 0 Å². The second kappa shape index (κ2) is 4.35. The summed E-state index contributed by atoms with van der Waals surface area (Å²) in [6, 6.07) is 14.5. The van der Waals surface area contributed by atoms with Crippen molar-refractivity contribution in [3.63, 3.8) is 0 Å². The lowest BCUT2D eigenvalue weighted by Gasteiger charge is -2.27. The van der Waals surface area contributed by atoms with E-state index in [2.05, 4.69) is 10.6 Å². The summed E-state index contributed by atoms with van der Waals surface area (Å²) < 4.78 is 0. The number of rotatable bonds is 1. The number of amides is 1. The van der Waals surface area contributed by atoms with Crippen LogP contribution in [-0.4, -0.2) is 5.91 Å². The normalized spacial score (nSPS) is 17.6. The predicted molar refractivity (Wildman–Crippen MR) is 72.9 cm³/mol. The zero-order valence-corrected chi connectivity index (χ0v) is 10.2. The topological polar surface area (TPSA) is 41.1 Å². The van der Waals surface area contributed by atoms with Crippen LogP contribution in [-0.2, 0) is 4.79 Å². The highest BCUT2D eigenvalue weighted by Gasteiger charge is 2.27. The SMILES string of the molecule is O=C1Nc2ccccc2NC1c1ccccc1Cl. The summed E-state index contributed by atoms with van der Waals surface area (Å²) in [5, 5.41) is 6.67. The monoisotopic (exact) mass is 258 g/mol. The predicted octanol–water partition coefficient (Wildman–Crippen LogP) is 3.45. The molecule has 3 nitrogen and oxygen atoms in total. The second-order valence-electron chi connectivity index (χ2n) is 4.13. The van der Waals surface area contributed by atoms with Crippen molar-refractivity contribution in [1.29, 1.82) is 0 Å². The molecular formula is C14H11ClN2O. The number of hydrogen-bond acceptors (Lipinski definition) is 2. The van der Waals surface area contributed by atoms with Crippen molar-refractivity contribution in [2.45, 2.75) is 6.04 Å². The van der Waals surface area contributed by atoms with E-state index in [-0.39, 0.29) is 5.91 Å². The fourth-order valence-corrected chi connectivity index (χ4v) is 2.32. The van der Waals surface area contributed by atoms with E-state index >= 15 is 0 Å². The molecule has 2 aromatic carbocycles. The minimum absolute atomic E-state index is 0.0956. The highest BCUT2D eigenvalue weighted by molar-refractivity contribution is 6.31. The highest BCUT2D eigenvalue weighted by Crippen LogP contribution is 2.34.